The lowest BCUT2D eigenvalue weighted by atomic mass is 10.1. The van der Waals surface area contributed by atoms with E-state index in [0.717, 1.165) is 33.6 Å². The normalized spacial score (nSPS) is 10.8. The summed E-state index contributed by atoms with van der Waals surface area (Å²) in [5, 5.41) is 10.6. The second-order valence-electron chi connectivity index (χ2n) is 8.22. The van der Waals surface area contributed by atoms with E-state index in [0.29, 0.717) is 17.9 Å². The van der Waals surface area contributed by atoms with E-state index in [1.165, 1.54) is 6.07 Å². The van der Waals surface area contributed by atoms with E-state index in [9.17, 15) is 9.90 Å². The quantitative estimate of drug-likeness (QED) is 0.276. The summed E-state index contributed by atoms with van der Waals surface area (Å²) in [6.45, 7) is 2.38. The lowest BCUT2D eigenvalue weighted by Crippen LogP contribution is -2.13. The zero-order valence-corrected chi connectivity index (χ0v) is 19.3. The Hall–Kier alpha value is -4.64. The molecule has 0 aliphatic heterocycles. The number of pyridine rings is 1. The van der Waals surface area contributed by atoms with Gasteiger partial charge in [0.2, 0.25) is 0 Å². The first-order valence-electron chi connectivity index (χ1n) is 11.4. The third kappa shape index (κ3) is 4.57. The molecule has 1 heterocycles. The highest BCUT2D eigenvalue weighted by atomic mass is 16.5. The largest absolute Gasteiger partial charge is 0.488 e. The van der Waals surface area contributed by atoms with Crippen LogP contribution in [0.5, 0.6) is 5.75 Å². The van der Waals surface area contributed by atoms with Gasteiger partial charge in [-0.05, 0) is 48.4 Å². The van der Waals surface area contributed by atoms with Gasteiger partial charge in [-0.25, -0.2) is 9.78 Å². The molecule has 1 N–H and O–H groups in total. The summed E-state index contributed by atoms with van der Waals surface area (Å²) in [7, 11) is 0. The molecule has 0 bridgehead atoms. The molecule has 0 aliphatic carbocycles. The van der Waals surface area contributed by atoms with Gasteiger partial charge in [0.25, 0.3) is 0 Å². The smallest absolute Gasteiger partial charge is 0.354 e. The highest BCUT2D eigenvalue weighted by Gasteiger charge is 2.21. The lowest BCUT2D eigenvalue weighted by molar-refractivity contribution is 0.0690. The number of fused-ring (bicyclic) bond motifs is 1. The molecule has 0 radical (unpaired) electrons. The van der Waals surface area contributed by atoms with Gasteiger partial charge in [0, 0.05) is 22.8 Å². The molecular weight excluding hydrogens is 436 g/mol. The number of ether oxygens (including phenoxy) is 1. The van der Waals surface area contributed by atoms with E-state index in [1.807, 2.05) is 91.0 Å². The molecule has 0 spiro atoms. The first-order chi connectivity index (χ1) is 17.1. The molecule has 4 aromatic carbocycles. The molecule has 0 fully saturated rings. The van der Waals surface area contributed by atoms with E-state index >= 15 is 0 Å². The molecule has 0 saturated heterocycles. The van der Waals surface area contributed by atoms with Gasteiger partial charge < -0.3 is 14.7 Å². The van der Waals surface area contributed by atoms with Crippen molar-refractivity contribution >= 4 is 33.9 Å². The van der Waals surface area contributed by atoms with Crippen LogP contribution in [-0.4, -0.2) is 16.1 Å². The maximum absolute atomic E-state index is 12.0. The Labute approximate surface area is 203 Å². The molecule has 0 amide bonds. The number of hydrogen-bond donors (Lipinski definition) is 1. The molecule has 1 aromatic heterocycles. The highest BCUT2D eigenvalue weighted by Crippen LogP contribution is 2.41. The molecule has 5 rings (SSSR count). The standard InChI is InChI=1S/C30H24N2O3/c1-21-11-8-9-17-26(21)32(23-14-6-3-7-15-23)27-18-10-16-24-28(19-25(30(33)34)31-29(24)27)35-20-22-12-4-2-5-13-22/h2-19H,20H2,1H3,(H,33,34). The number of aromatic carboxylic acids is 1. The Kier molecular flexibility index (Phi) is 6.14. The van der Waals surface area contributed by atoms with Crippen LogP contribution >= 0.6 is 0 Å². The fraction of sp³-hybridized carbons (Fsp3) is 0.0667. The number of nitrogens with zero attached hydrogens (tertiary/aromatic N) is 2. The van der Waals surface area contributed by atoms with Crippen LogP contribution in [0.25, 0.3) is 10.9 Å². The summed E-state index contributed by atoms with van der Waals surface area (Å²) >= 11 is 0. The zero-order valence-electron chi connectivity index (χ0n) is 19.3. The topological polar surface area (TPSA) is 62.7 Å². The van der Waals surface area contributed by atoms with Crippen molar-refractivity contribution in [1.29, 1.82) is 0 Å². The molecule has 5 aromatic rings. The third-order valence-electron chi connectivity index (χ3n) is 5.85. The molecule has 0 unspecified atom stereocenters. The molecule has 5 heteroatoms. The fourth-order valence-electron chi connectivity index (χ4n) is 4.15. The minimum Gasteiger partial charge on any atom is -0.488 e. The van der Waals surface area contributed by atoms with Gasteiger partial charge in [0.1, 0.15) is 12.4 Å². The molecule has 172 valence electrons. The molecule has 5 nitrogen and oxygen atoms in total. The number of carboxylic acids is 1. The lowest BCUT2D eigenvalue weighted by Gasteiger charge is -2.28. The minimum atomic E-state index is -1.10. The van der Waals surface area contributed by atoms with Crippen molar-refractivity contribution in [3.05, 3.63) is 126 Å². The number of carbonyl (C=O) groups is 1. The van der Waals surface area contributed by atoms with Gasteiger partial charge in [-0.1, -0.05) is 72.8 Å². The Balaban J connectivity index is 1.71. The van der Waals surface area contributed by atoms with Gasteiger partial charge in [-0.3, -0.25) is 0 Å². The van der Waals surface area contributed by atoms with Gasteiger partial charge in [0.05, 0.1) is 11.2 Å². The van der Waals surface area contributed by atoms with Crippen LogP contribution in [0.3, 0.4) is 0 Å². The van der Waals surface area contributed by atoms with Crippen LogP contribution in [0.2, 0.25) is 0 Å². The van der Waals surface area contributed by atoms with Crippen LogP contribution in [0.15, 0.2) is 109 Å². The van der Waals surface area contributed by atoms with Gasteiger partial charge in [-0.15, -0.1) is 0 Å². The number of hydrogen-bond acceptors (Lipinski definition) is 4. The van der Waals surface area contributed by atoms with Crippen molar-refractivity contribution in [2.75, 3.05) is 4.90 Å². The van der Waals surface area contributed by atoms with Crippen molar-refractivity contribution in [3.63, 3.8) is 0 Å². The van der Waals surface area contributed by atoms with Crippen molar-refractivity contribution in [2.24, 2.45) is 0 Å². The van der Waals surface area contributed by atoms with E-state index in [-0.39, 0.29) is 5.69 Å². The van der Waals surface area contributed by atoms with Crippen LogP contribution in [-0.2, 0) is 6.61 Å². The van der Waals surface area contributed by atoms with Crippen molar-refractivity contribution in [2.45, 2.75) is 13.5 Å². The van der Waals surface area contributed by atoms with E-state index < -0.39 is 5.97 Å². The maximum atomic E-state index is 12.0. The summed E-state index contributed by atoms with van der Waals surface area (Å²) in [5.41, 5.74) is 5.28. The van der Waals surface area contributed by atoms with Crippen molar-refractivity contribution in [3.8, 4) is 5.75 Å². The Morgan fingerprint density at radius 2 is 1.49 bits per heavy atom. The summed E-state index contributed by atoms with van der Waals surface area (Å²) in [4.78, 5) is 18.7. The molecule has 35 heavy (non-hydrogen) atoms. The highest BCUT2D eigenvalue weighted by molar-refractivity contribution is 6.01. The number of rotatable bonds is 7. The average molecular weight is 461 g/mol. The van der Waals surface area contributed by atoms with Gasteiger partial charge in [-0.2, -0.15) is 0 Å². The SMILES string of the molecule is Cc1ccccc1N(c1ccccc1)c1cccc2c(OCc3ccccc3)cc(C(=O)O)nc12. The Morgan fingerprint density at radius 3 is 2.20 bits per heavy atom. The number of carboxylic acid groups (broad SMARTS) is 1. The van der Waals surface area contributed by atoms with Crippen molar-refractivity contribution < 1.29 is 14.6 Å². The second-order valence-corrected chi connectivity index (χ2v) is 8.22. The number of para-hydroxylation sites is 3. The predicted octanol–water partition coefficient (Wildman–Crippen LogP) is 7.29. The van der Waals surface area contributed by atoms with Gasteiger partial charge >= 0.3 is 5.97 Å². The number of anilines is 3. The number of aryl methyl sites for hydroxylation is 1. The Morgan fingerprint density at radius 1 is 0.829 bits per heavy atom. The van der Waals surface area contributed by atoms with Crippen LogP contribution < -0.4 is 9.64 Å². The van der Waals surface area contributed by atoms with E-state index in [4.69, 9.17) is 4.74 Å². The number of aromatic nitrogens is 1. The first-order valence-corrected chi connectivity index (χ1v) is 11.4. The monoisotopic (exact) mass is 460 g/mol. The van der Waals surface area contributed by atoms with E-state index in [2.05, 4.69) is 28.9 Å². The Bertz CT molecular complexity index is 1480. The summed E-state index contributed by atoms with van der Waals surface area (Å²) < 4.78 is 6.14. The molecule has 0 atom stereocenters. The van der Waals surface area contributed by atoms with Gasteiger partial charge in [0.15, 0.2) is 5.69 Å². The summed E-state index contributed by atoms with van der Waals surface area (Å²) in [5.74, 6) is -0.621. The first kappa shape index (κ1) is 22.2. The molecule has 0 aliphatic rings. The molecule has 0 saturated carbocycles. The minimum absolute atomic E-state index is 0.0641. The second kappa shape index (κ2) is 9.69. The summed E-state index contributed by atoms with van der Waals surface area (Å²) in [6, 6.07) is 35.2. The number of benzene rings is 4. The fourth-order valence-corrected chi connectivity index (χ4v) is 4.15. The molecular formula is C30H24N2O3. The van der Waals surface area contributed by atoms with Crippen LogP contribution in [0.4, 0.5) is 17.1 Å². The average Bonchev–Trinajstić information content (AvgIpc) is 2.90. The van der Waals surface area contributed by atoms with Crippen LogP contribution in [0, 0.1) is 6.92 Å². The van der Waals surface area contributed by atoms with E-state index in [1.54, 1.807) is 0 Å². The van der Waals surface area contributed by atoms with Crippen LogP contribution in [0.1, 0.15) is 21.6 Å². The van der Waals surface area contributed by atoms with Crippen molar-refractivity contribution in [1.82, 2.24) is 4.98 Å². The summed E-state index contributed by atoms with van der Waals surface area (Å²) in [6.07, 6.45) is 0. The maximum Gasteiger partial charge on any atom is 0.354 e. The zero-order chi connectivity index (χ0) is 24.2. The predicted molar refractivity (Wildman–Crippen MR) is 139 cm³/mol. The third-order valence-corrected chi connectivity index (χ3v) is 5.85.